The van der Waals surface area contributed by atoms with Crippen molar-refractivity contribution in [3.63, 3.8) is 0 Å². The summed E-state index contributed by atoms with van der Waals surface area (Å²) in [6.45, 7) is 6.03. The third kappa shape index (κ3) is 4.81. The van der Waals surface area contributed by atoms with Crippen LogP contribution in [0, 0.1) is 12.8 Å². The molecular weight excluding hydrogens is 346 g/mol. The number of carbonyl (C=O) groups is 2. The topological polar surface area (TPSA) is 105 Å². The number of hydrogen-bond acceptors (Lipinski definition) is 5. The predicted molar refractivity (Wildman–Crippen MR) is 99.8 cm³/mol. The van der Waals surface area contributed by atoms with Crippen molar-refractivity contribution < 1.29 is 9.59 Å². The summed E-state index contributed by atoms with van der Waals surface area (Å²) in [4.78, 5) is 30.9. The Balaban J connectivity index is 1.52. The molecule has 9 heteroatoms. The summed E-state index contributed by atoms with van der Waals surface area (Å²) < 4.78 is 1.88. The minimum Gasteiger partial charge on any atom is -0.331 e. The molecule has 27 heavy (non-hydrogen) atoms. The van der Waals surface area contributed by atoms with E-state index >= 15 is 0 Å². The third-order valence-corrected chi connectivity index (χ3v) is 4.68. The molecule has 1 atom stereocenters. The van der Waals surface area contributed by atoms with Crippen molar-refractivity contribution in [1.29, 1.82) is 0 Å². The van der Waals surface area contributed by atoms with Gasteiger partial charge in [-0.25, -0.2) is 9.78 Å². The Morgan fingerprint density at radius 3 is 2.93 bits per heavy atom. The van der Waals surface area contributed by atoms with Gasteiger partial charge in [0.15, 0.2) is 5.82 Å². The molecule has 0 aromatic carbocycles. The zero-order valence-corrected chi connectivity index (χ0v) is 15.7. The van der Waals surface area contributed by atoms with Crippen LogP contribution in [-0.2, 0) is 17.9 Å². The number of amides is 3. The maximum absolute atomic E-state index is 12.5. The van der Waals surface area contributed by atoms with Crippen LogP contribution in [0.1, 0.15) is 31.2 Å². The van der Waals surface area contributed by atoms with Gasteiger partial charge in [-0.05, 0) is 38.3 Å². The maximum Gasteiger partial charge on any atom is 0.317 e. The second-order valence-electron chi connectivity index (χ2n) is 6.69. The Bertz CT molecular complexity index is 787. The van der Waals surface area contributed by atoms with Crippen LogP contribution < -0.4 is 10.6 Å². The van der Waals surface area contributed by atoms with Gasteiger partial charge in [-0.15, -0.1) is 10.2 Å². The monoisotopic (exact) mass is 371 g/mol. The number of urea groups is 1. The van der Waals surface area contributed by atoms with Gasteiger partial charge in [0, 0.05) is 25.8 Å². The van der Waals surface area contributed by atoms with Crippen LogP contribution in [-0.4, -0.2) is 49.7 Å². The van der Waals surface area contributed by atoms with Gasteiger partial charge in [-0.3, -0.25) is 4.79 Å². The van der Waals surface area contributed by atoms with Crippen LogP contribution in [0.15, 0.2) is 24.7 Å². The van der Waals surface area contributed by atoms with Gasteiger partial charge in [0.1, 0.15) is 12.1 Å². The molecule has 0 aliphatic carbocycles. The third-order valence-electron chi connectivity index (χ3n) is 4.68. The molecule has 144 valence electrons. The largest absolute Gasteiger partial charge is 0.331 e. The minimum atomic E-state index is -0.244. The average molecular weight is 371 g/mol. The first-order valence-corrected chi connectivity index (χ1v) is 9.19. The number of nitrogens with one attached hydrogen (secondary N) is 2. The molecule has 3 heterocycles. The second-order valence-corrected chi connectivity index (χ2v) is 6.69. The first-order valence-electron chi connectivity index (χ1n) is 9.19. The van der Waals surface area contributed by atoms with Crippen LogP contribution in [0.3, 0.4) is 0 Å². The molecule has 2 N–H and O–H groups in total. The minimum absolute atomic E-state index is 0.102. The van der Waals surface area contributed by atoms with E-state index in [9.17, 15) is 9.59 Å². The lowest BCUT2D eigenvalue weighted by molar-refractivity contribution is -0.121. The highest BCUT2D eigenvalue weighted by molar-refractivity contribution is 5.92. The molecule has 0 bridgehead atoms. The van der Waals surface area contributed by atoms with Crippen LogP contribution >= 0.6 is 0 Å². The van der Waals surface area contributed by atoms with Gasteiger partial charge in [-0.2, -0.15) is 0 Å². The molecule has 1 saturated heterocycles. The smallest absolute Gasteiger partial charge is 0.317 e. The second kappa shape index (κ2) is 8.61. The van der Waals surface area contributed by atoms with Crippen molar-refractivity contribution in [2.24, 2.45) is 5.92 Å². The highest BCUT2D eigenvalue weighted by Crippen LogP contribution is 2.18. The fourth-order valence-corrected chi connectivity index (χ4v) is 3.09. The first-order chi connectivity index (χ1) is 13.1. The molecule has 0 radical (unpaired) electrons. The Morgan fingerprint density at radius 2 is 2.19 bits per heavy atom. The van der Waals surface area contributed by atoms with E-state index in [1.165, 1.54) is 0 Å². The lowest BCUT2D eigenvalue weighted by Gasteiger charge is -2.32. The summed E-state index contributed by atoms with van der Waals surface area (Å²) in [6.07, 6.45) is 4.90. The van der Waals surface area contributed by atoms with E-state index in [1.807, 2.05) is 24.5 Å². The number of pyridine rings is 1. The molecule has 3 rings (SSSR count). The Labute approximate surface area is 158 Å². The Kier molecular flexibility index (Phi) is 6.00. The molecule has 3 amide bonds. The number of hydrogen-bond donors (Lipinski definition) is 2. The number of likely N-dealkylation sites (tertiary alicyclic amines) is 1. The summed E-state index contributed by atoms with van der Waals surface area (Å²) in [5.74, 6) is 0.898. The van der Waals surface area contributed by atoms with Gasteiger partial charge in [0.05, 0.1) is 12.5 Å². The molecule has 0 unspecified atom stereocenters. The highest BCUT2D eigenvalue weighted by atomic mass is 16.2. The number of anilines is 1. The molecule has 2 aromatic heterocycles. The number of rotatable bonds is 5. The van der Waals surface area contributed by atoms with Crippen molar-refractivity contribution in [3.8, 4) is 0 Å². The van der Waals surface area contributed by atoms with E-state index in [2.05, 4.69) is 25.8 Å². The molecule has 1 fully saturated rings. The molecule has 9 nitrogen and oxygen atoms in total. The van der Waals surface area contributed by atoms with E-state index in [0.29, 0.717) is 31.3 Å². The number of nitrogens with zero attached hydrogens (tertiary/aromatic N) is 5. The standard InChI is InChI=1S/C18H25N7O2/c1-3-24-12-21-23-16(24)10-20-18(27)25-8-4-5-14(11-25)17(26)22-15-7-6-13(2)9-19-15/h6-7,9,12,14H,3-5,8,10-11H2,1-2H3,(H,20,27)(H,19,22,26)/t14-/m1/s1. The summed E-state index contributed by atoms with van der Waals surface area (Å²) in [5.41, 5.74) is 1.03. The molecule has 2 aromatic rings. The quantitative estimate of drug-likeness (QED) is 0.830. The van der Waals surface area contributed by atoms with Crippen LogP contribution in [0.25, 0.3) is 0 Å². The van der Waals surface area contributed by atoms with Gasteiger partial charge in [-0.1, -0.05) is 6.07 Å². The molecule has 0 saturated carbocycles. The fraction of sp³-hybridized carbons (Fsp3) is 0.500. The van der Waals surface area contributed by atoms with Crippen molar-refractivity contribution in [2.75, 3.05) is 18.4 Å². The SMILES string of the molecule is CCn1cnnc1CNC(=O)N1CCC[C@@H](C(=O)Nc2ccc(C)cn2)C1. The lowest BCUT2D eigenvalue weighted by atomic mass is 9.97. The molecule has 0 spiro atoms. The first kappa shape index (κ1) is 18.8. The molecule has 1 aliphatic rings. The van der Waals surface area contributed by atoms with Crippen molar-refractivity contribution >= 4 is 17.8 Å². The van der Waals surface area contributed by atoms with E-state index in [1.54, 1.807) is 23.5 Å². The van der Waals surface area contributed by atoms with Gasteiger partial charge < -0.3 is 20.1 Å². The summed E-state index contributed by atoms with van der Waals surface area (Å²) in [6, 6.07) is 3.49. The Hall–Kier alpha value is -2.97. The number of piperidine rings is 1. The summed E-state index contributed by atoms with van der Waals surface area (Å²) >= 11 is 0. The predicted octanol–water partition coefficient (Wildman–Crippen LogP) is 1.56. The highest BCUT2D eigenvalue weighted by Gasteiger charge is 2.28. The van der Waals surface area contributed by atoms with E-state index in [-0.39, 0.29) is 17.9 Å². The zero-order chi connectivity index (χ0) is 19.2. The fourth-order valence-electron chi connectivity index (χ4n) is 3.09. The normalized spacial score (nSPS) is 16.8. The van der Waals surface area contributed by atoms with Gasteiger partial charge >= 0.3 is 6.03 Å². The molecule has 1 aliphatic heterocycles. The summed E-state index contributed by atoms with van der Waals surface area (Å²) in [5, 5.41) is 13.6. The van der Waals surface area contributed by atoms with Gasteiger partial charge in [0.25, 0.3) is 0 Å². The molecular formula is C18H25N7O2. The summed E-state index contributed by atoms with van der Waals surface area (Å²) in [7, 11) is 0. The number of carbonyl (C=O) groups excluding carboxylic acids is 2. The van der Waals surface area contributed by atoms with E-state index < -0.39 is 0 Å². The maximum atomic E-state index is 12.5. The van der Waals surface area contributed by atoms with Crippen LogP contribution in [0.2, 0.25) is 0 Å². The van der Waals surface area contributed by atoms with E-state index in [4.69, 9.17) is 0 Å². The van der Waals surface area contributed by atoms with E-state index in [0.717, 1.165) is 24.9 Å². The zero-order valence-electron chi connectivity index (χ0n) is 15.7. The number of aromatic nitrogens is 4. The van der Waals surface area contributed by atoms with Crippen molar-refractivity contribution in [3.05, 3.63) is 36.0 Å². The van der Waals surface area contributed by atoms with Crippen molar-refractivity contribution in [2.45, 2.75) is 39.8 Å². The van der Waals surface area contributed by atoms with Crippen LogP contribution in [0.4, 0.5) is 10.6 Å². The average Bonchev–Trinajstić information content (AvgIpc) is 3.15. The van der Waals surface area contributed by atoms with Crippen molar-refractivity contribution in [1.82, 2.24) is 30.0 Å². The van der Waals surface area contributed by atoms with Gasteiger partial charge in [0.2, 0.25) is 5.91 Å². The van der Waals surface area contributed by atoms with Crippen LogP contribution in [0.5, 0.6) is 0 Å². The Morgan fingerprint density at radius 1 is 1.33 bits per heavy atom. The number of aryl methyl sites for hydroxylation is 2. The lowest BCUT2D eigenvalue weighted by Crippen LogP contribution is -2.47.